The van der Waals surface area contributed by atoms with Crippen molar-refractivity contribution >= 4 is 34.8 Å². The van der Waals surface area contributed by atoms with E-state index < -0.39 is 0 Å². The average molecular weight is 575 g/mol. The summed E-state index contributed by atoms with van der Waals surface area (Å²) >= 11 is 0. The van der Waals surface area contributed by atoms with E-state index in [1.54, 1.807) is 0 Å². The monoisotopic (exact) mass is 574 g/mol. The third-order valence-electron chi connectivity index (χ3n) is 9.61. The molecule has 3 aromatic heterocycles. The molecule has 216 valence electrons. The highest BCUT2D eigenvalue weighted by Crippen LogP contribution is 2.51. The molecule has 3 aliphatic rings. The molecule has 0 aliphatic carbocycles. The summed E-state index contributed by atoms with van der Waals surface area (Å²) in [6.07, 6.45) is 11.9. The highest BCUT2D eigenvalue weighted by molar-refractivity contribution is 5.84. The van der Waals surface area contributed by atoms with Crippen LogP contribution in [0, 0.1) is 5.92 Å². The number of hydrogen-bond donors (Lipinski definition) is 0. The number of dihydropyridines is 1. The predicted molar refractivity (Wildman–Crippen MR) is 179 cm³/mol. The van der Waals surface area contributed by atoms with Crippen molar-refractivity contribution in [2.45, 2.75) is 44.7 Å². The van der Waals surface area contributed by atoms with Gasteiger partial charge in [0.15, 0.2) is 0 Å². The zero-order valence-corrected chi connectivity index (χ0v) is 25.4. The van der Waals surface area contributed by atoms with Crippen molar-refractivity contribution in [2.24, 2.45) is 10.9 Å². The van der Waals surface area contributed by atoms with Crippen LogP contribution in [-0.2, 0) is 10.8 Å². The summed E-state index contributed by atoms with van der Waals surface area (Å²) in [6, 6.07) is 30.1. The van der Waals surface area contributed by atoms with Gasteiger partial charge in [0.05, 0.1) is 22.8 Å². The Morgan fingerprint density at radius 3 is 1.98 bits per heavy atom. The summed E-state index contributed by atoms with van der Waals surface area (Å²) in [7, 11) is 0. The van der Waals surface area contributed by atoms with E-state index >= 15 is 0 Å². The third-order valence-corrected chi connectivity index (χ3v) is 9.61. The number of benzene rings is 2. The maximum absolute atomic E-state index is 4.95. The maximum Gasteiger partial charge on any atom is 0.141 e. The van der Waals surface area contributed by atoms with Gasteiger partial charge in [-0.3, -0.25) is 19.9 Å². The van der Waals surface area contributed by atoms with E-state index in [4.69, 9.17) is 19.9 Å². The van der Waals surface area contributed by atoms with Crippen LogP contribution in [0.25, 0.3) is 11.1 Å². The topological polar surface area (TPSA) is 57.5 Å². The molecule has 6 nitrogen and oxygen atoms in total. The molecule has 0 fully saturated rings. The van der Waals surface area contributed by atoms with Crippen LogP contribution in [0.15, 0.2) is 121 Å². The molecule has 44 heavy (non-hydrogen) atoms. The van der Waals surface area contributed by atoms with Crippen molar-refractivity contribution in [3.05, 3.63) is 133 Å². The van der Waals surface area contributed by atoms with Crippen molar-refractivity contribution < 1.29 is 0 Å². The van der Waals surface area contributed by atoms with Gasteiger partial charge in [-0.2, -0.15) is 0 Å². The first-order valence-corrected chi connectivity index (χ1v) is 15.2. The predicted octanol–water partition coefficient (Wildman–Crippen LogP) is 8.66. The fourth-order valence-electron chi connectivity index (χ4n) is 7.26. The fraction of sp³-hybridized carbons (Fsp3) is 0.211. The van der Waals surface area contributed by atoms with Crippen LogP contribution in [0.3, 0.4) is 0 Å². The van der Waals surface area contributed by atoms with Crippen LogP contribution >= 0.6 is 0 Å². The molecule has 0 bridgehead atoms. The molecule has 2 unspecified atom stereocenters. The van der Waals surface area contributed by atoms with Gasteiger partial charge in [-0.1, -0.05) is 50.3 Å². The number of nitrogens with zero attached hydrogens (tertiary/aromatic N) is 6. The molecule has 3 aliphatic heterocycles. The van der Waals surface area contributed by atoms with Crippen molar-refractivity contribution in [3.8, 4) is 11.1 Å². The Kier molecular flexibility index (Phi) is 5.85. The lowest BCUT2D eigenvalue weighted by Crippen LogP contribution is -2.50. The number of allylic oxidation sites excluding steroid dienone is 1. The molecule has 6 heteroatoms. The largest absolute Gasteiger partial charge is 0.316 e. The summed E-state index contributed by atoms with van der Waals surface area (Å²) < 4.78 is 0. The first-order valence-electron chi connectivity index (χ1n) is 15.2. The highest BCUT2D eigenvalue weighted by atomic mass is 15.3. The second-order valence-electron chi connectivity index (χ2n) is 12.9. The molecule has 5 aromatic rings. The van der Waals surface area contributed by atoms with Gasteiger partial charge in [-0.05, 0) is 85.6 Å². The lowest BCUT2D eigenvalue weighted by Gasteiger charge is -2.48. The highest BCUT2D eigenvalue weighted by Gasteiger charge is 2.47. The molecule has 0 saturated heterocycles. The van der Waals surface area contributed by atoms with Crippen molar-refractivity contribution in [2.75, 3.05) is 9.80 Å². The fourth-order valence-corrected chi connectivity index (χ4v) is 7.26. The minimum atomic E-state index is -0.238. The van der Waals surface area contributed by atoms with Gasteiger partial charge in [0.25, 0.3) is 0 Å². The second-order valence-corrected chi connectivity index (χ2v) is 12.9. The number of aliphatic imine (C=N–C) groups is 1. The Bertz CT molecular complexity index is 1890. The van der Waals surface area contributed by atoms with Gasteiger partial charge >= 0.3 is 0 Å². The molecular formula is C38H34N6. The van der Waals surface area contributed by atoms with Crippen molar-refractivity contribution in [3.63, 3.8) is 0 Å². The number of fused-ring (bicyclic) bond motifs is 4. The van der Waals surface area contributed by atoms with Gasteiger partial charge in [0.1, 0.15) is 12.0 Å². The Morgan fingerprint density at radius 2 is 1.25 bits per heavy atom. The van der Waals surface area contributed by atoms with Gasteiger partial charge in [-0.25, -0.2) is 4.98 Å². The van der Waals surface area contributed by atoms with Crippen molar-refractivity contribution in [1.29, 1.82) is 0 Å². The van der Waals surface area contributed by atoms with Crippen LogP contribution in [0.2, 0.25) is 0 Å². The number of rotatable bonds is 3. The minimum Gasteiger partial charge on any atom is -0.316 e. The Hall–Kier alpha value is -5.10. The minimum absolute atomic E-state index is 0.0137. The molecule has 0 spiro atoms. The molecule has 8 rings (SSSR count). The molecule has 0 radical (unpaired) electrons. The van der Waals surface area contributed by atoms with E-state index in [-0.39, 0.29) is 22.9 Å². The van der Waals surface area contributed by atoms with E-state index in [2.05, 4.69) is 116 Å². The lowest BCUT2D eigenvalue weighted by molar-refractivity contribution is 0.301. The summed E-state index contributed by atoms with van der Waals surface area (Å²) in [5.74, 6) is 1.18. The first kappa shape index (κ1) is 26.5. The SMILES string of the molecule is CC1(C)c2cccnc2N(c2ccc(-c3ccc(N4c5cccnc5C(C)(C)C5C=CC=NC54)cc3)cc2)c2cccnc21. The molecule has 0 N–H and O–H groups in total. The Morgan fingerprint density at radius 1 is 0.636 bits per heavy atom. The van der Waals surface area contributed by atoms with E-state index in [1.165, 1.54) is 5.56 Å². The van der Waals surface area contributed by atoms with Crippen molar-refractivity contribution in [1.82, 2.24) is 15.0 Å². The standard InChI is InChI=1S/C38H34N6/c1-37(2)29-9-5-23-41-35(29)43(31-11-7-21-39-33(31)37)27-17-13-25(14-18-27)26-15-19-28(20-16-26)44-32-12-8-22-40-34(32)38(3,4)30-10-6-24-42-36(30)44/h5-24,29,35H,1-4H3. The van der Waals surface area contributed by atoms with Gasteiger partial charge in [0, 0.05) is 58.5 Å². The zero-order chi connectivity index (χ0) is 30.1. The summed E-state index contributed by atoms with van der Waals surface area (Å²) in [5, 5.41) is 0. The third kappa shape index (κ3) is 3.87. The van der Waals surface area contributed by atoms with Crippen LogP contribution in [0.5, 0.6) is 0 Å². The normalized spacial score (nSPS) is 20.4. The summed E-state index contributed by atoms with van der Waals surface area (Å²) in [6.45, 7) is 9.00. The van der Waals surface area contributed by atoms with Gasteiger partial charge in [-0.15, -0.1) is 0 Å². The molecule has 0 amide bonds. The van der Waals surface area contributed by atoms with E-state index in [0.717, 1.165) is 51.1 Å². The van der Waals surface area contributed by atoms with E-state index in [0.29, 0.717) is 0 Å². The smallest absolute Gasteiger partial charge is 0.141 e. The first-order chi connectivity index (χ1) is 21.4. The summed E-state index contributed by atoms with van der Waals surface area (Å²) in [4.78, 5) is 24.0. The Labute approximate surface area is 258 Å². The maximum atomic E-state index is 4.95. The van der Waals surface area contributed by atoms with Crippen LogP contribution < -0.4 is 9.80 Å². The van der Waals surface area contributed by atoms with Crippen LogP contribution in [-0.4, -0.2) is 27.3 Å². The lowest BCUT2D eigenvalue weighted by atomic mass is 9.70. The summed E-state index contributed by atoms with van der Waals surface area (Å²) in [5.41, 5.74) is 9.65. The zero-order valence-electron chi connectivity index (χ0n) is 25.4. The van der Waals surface area contributed by atoms with E-state index in [9.17, 15) is 0 Å². The van der Waals surface area contributed by atoms with E-state index in [1.807, 2.05) is 43.0 Å². The van der Waals surface area contributed by atoms with Crippen LogP contribution in [0.1, 0.15) is 44.6 Å². The van der Waals surface area contributed by atoms with Gasteiger partial charge < -0.3 is 4.90 Å². The van der Waals surface area contributed by atoms with Gasteiger partial charge in [0.2, 0.25) is 0 Å². The molecular weight excluding hydrogens is 540 g/mol. The molecule has 0 saturated carbocycles. The number of hydrogen-bond acceptors (Lipinski definition) is 6. The second kappa shape index (κ2) is 9.71. The quantitative estimate of drug-likeness (QED) is 0.216. The number of aromatic nitrogens is 3. The molecule has 2 aromatic carbocycles. The molecule has 2 atom stereocenters. The number of pyridine rings is 3. The molecule has 6 heterocycles. The number of anilines is 5. The Balaban J connectivity index is 1.14. The average Bonchev–Trinajstić information content (AvgIpc) is 3.06. The van der Waals surface area contributed by atoms with Crippen LogP contribution in [0.4, 0.5) is 28.6 Å².